The highest BCUT2D eigenvalue weighted by Crippen LogP contribution is 2.36. The van der Waals surface area contributed by atoms with Crippen LogP contribution in [0.2, 0.25) is 5.02 Å². The Morgan fingerprint density at radius 3 is 2.27 bits per heavy atom. The molecule has 2 aromatic carbocycles. The Morgan fingerprint density at radius 2 is 1.68 bits per heavy atom. The smallest absolute Gasteiger partial charge is 0.338 e. The molecule has 2 aliphatic rings. The maximum absolute atomic E-state index is 13.3. The van der Waals surface area contributed by atoms with Crippen LogP contribution in [-0.4, -0.2) is 95.1 Å². The maximum Gasteiger partial charge on any atom is 0.338 e. The number of carbonyl (C=O) groups excluding carboxylic acids is 2. The molecule has 40 heavy (non-hydrogen) atoms. The van der Waals surface area contributed by atoms with Crippen molar-refractivity contribution in [3.8, 4) is 11.5 Å². The van der Waals surface area contributed by atoms with Crippen molar-refractivity contribution < 1.29 is 32.2 Å². The number of sulfonamides is 1. The van der Waals surface area contributed by atoms with Gasteiger partial charge in [-0.15, -0.1) is 0 Å². The summed E-state index contributed by atoms with van der Waals surface area (Å²) >= 11 is 5.92. The minimum absolute atomic E-state index is 0.160. The third-order valence-corrected chi connectivity index (χ3v) is 9.13. The van der Waals surface area contributed by atoms with Gasteiger partial charge in [-0.05, 0) is 48.9 Å². The number of carbonyl (C=O) groups is 2. The van der Waals surface area contributed by atoms with E-state index in [4.69, 9.17) is 25.8 Å². The number of piperazine rings is 1. The van der Waals surface area contributed by atoms with Crippen LogP contribution < -0.4 is 14.8 Å². The Labute approximate surface area is 239 Å². The van der Waals surface area contributed by atoms with E-state index in [0.29, 0.717) is 46.4 Å². The number of benzene rings is 2. The lowest BCUT2D eigenvalue weighted by Gasteiger charge is -2.39. The quantitative estimate of drug-likeness (QED) is 0.442. The van der Waals surface area contributed by atoms with E-state index >= 15 is 0 Å². The van der Waals surface area contributed by atoms with E-state index in [9.17, 15) is 18.0 Å². The summed E-state index contributed by atoms with van der Waals surface area (Å²) in [5.74, 6) is 0.419. The van der Waals surface area contributed by atoms with Crippen LogP contribution in [0.4, 0.5) is 4.79 Å². The summed E-state index contributed by atoms with van der Waals surface area (Å²) in [6, 6.07) is 10.1. The van der Waals surface area contributed by atoms with E-state index in [2.05, 4.69) is 5.32 Å². The third-order valence-electron chi connectivity index (χ3n) is 6.97. The molecule has 4 rings (SSSR count). The zero-order chi connectivity index (χ0) is 29.0. The molecule has 0 radical (unpaired) electrons. The fraction of sp³-hybridized carbons (Fsp3) is 0.407. The second kappa shape index (κ2) is 12.5. The number of halogens is 1. The fourth-order valence-electron chi connectivity index (χ4n) is 4.78. The van der Waals surface area contributed by atoms with Crippen molar-refractivity contribution >= 4 is 33.6 Å². The van der Waals surface area contributed by atoms with Crippen LogP contribution in [-0.2, 0) is 19.6 Å². The van der Waals surface area contributed by atoms with E-state index in [1.807, 2.05) is 4.90 Å². The molecule has 1 fully saturated rings. The van der Waals surface area contributed by atoms with Crippen molar-refractivity contribution in [3.63, 3.8) is 0 Å². The van der Waals surface area contributed by atoms with Crippen LogP contribution in [0.25, 0.3) is 0 Å². The van der Waals surface area contributed by atoms with E-state index in [0.717, 1.165) is 0 Å². The molecule has 0 unspecified atom stereocenters. The van der Waals surface area contributed by atoms with Gasteiger partial charge in [-0.2, -0.15) is 4.31 Å². The lowest BCUT2D eigenvalue weighted by molar-refractivity contribution is -0.139. The molecular weight excluding hydrogens is 560 g/mol. The van der Waals surface area contributed by atoms with Gasteiger partial charge < -0.3 is 19.5 Å². The van der Waals surface area contributed by atoms with Crippen molar-refractivity contribution in [1.29, 1.82) is 0 Å². The number of methoxy groups -OCH3 is 2. The summed E-state index contributed by atoms with van der Waals surface area (Å²) in [5, 5.41) is 3.35. The Bertz CT molecular complexity index is 1390. The Morgan fingerprint density at radius 1 is 1.02 bits per heavy atom. The van der Waals surface area contributed by atoms with Crippen LogP contribution in [0.1, 0.15) is 18.5 Å². The van der Waals surface area contributed by atoms with Gasteiger partial charge in [0.1, 0.15) is 0 Å². The molecule has 0 bridgehead atoms. The maximum atomic E-state index is 13.3. The predicted molar refractivity (Wildman–Crippen MR) is 149 cm³/mol. The van der Waals surface area contributed by atoms with Gasteiger partial charge in [-0.1, -0.05) is 17.7 Å². The van der Waals surface area contributed by atoms with Gasteiger partial charge in [0.2, 0.25) is 10.0 Å². The number of likely N-dealkylation sites (N-methyl/N-ethyl adjacent to an activating group) is 1. The van der Waals surface area contributed by atoms with Crippen molar-refractivity contribution in [2.24, 2.45) is 0 Å². The topological polar surface area (TPSA) is 118 Å². The molecule has 11 nitrogen and oxygen atoms in total. The third kappa shape index (κ3) is 6.04. The first-order valence-electron chi connectivity index (χ1n) is 12.7. The molecule has 1 N–H and O–H groups in total. The molecule has 0 saturated carbocycles. The van der Waals surface area contributed by atoms with Gasteiger partial charge in [0.25, 0.3) is 0 Å². The number of ether oxygens (including phenoxy) is 3. The molecule has 0 aromatic heterocycles. The van der Waals surface area contributed by atoms with Gasteiger partial charge in [-0.25, -0.2) is 18.0 Å². The average molecular weight is 593 g/mol. The highest BCUT2D eigenvalue weighted by atomic mass is 35.5. The number of urea groups is 1. The number of esters is 1. The van der Waals surface area contributed by atoms with E-state index in [-0.39, 0.29) is 37.2 Å². The van der Waals surface area contributed by atoms with Crippen molar-refractivity contribution in [2.45, 2.75) is 17.9 Å². The summed E-state index contributed by atoms with van der Waals surface area (Å²) in [5.41, 5.74) is 1.40. The van der Waals surface area contributed by atoms with Gasteiger partial charge in [-0.3, -0.25) is 9.80 Å². The van der Waals surface area contributed by atoms with Crippen molar-refractivity contribution in [1.82, 2.24) is 19.4 Å². The monoisotopic (exact) mass is 592 g/mol. The van der Waals surface area contributed by atoms with Crippen LogP contribution in [0.5, 0.6) is 11.5 Å². The molecule has 0 aliphatic carbocycles. The second-order valence-electron chi connectivity index (χ2n) is 9.27. The van der Waals surface area contributed by atoms with Gasteiger partial charge in [0.15, 0.2) is 11.5 Å². The standard InChI is InChI=1S/C27H33ClN4O7S/c1-5-39-26(33)24-21(30(2)27(34)29-25(24)18-6-11-22(37-3)23(16-18)38-4)17-31-12-14-32(15-13-31)40(35,36)20-9-7-19(28)8-10-20/h6-11,16,25H,5,12-15,17H2,1-4H3,(H,29,34)/t25-/m1/s1. The summed E-state index contributed by atoms with van der Waals surface area (Å²) in [6.45, 7) is 3.44. The number of hydrogen-bond acceptors (Lipinski definition) is 8. The molecule has 1 atom stereocenters. The van der Waals surface area contributed by atoms with Crippen LogP contribution >= 0.6 is 11.6 Å². The summed E-state index contributed by atoms with van der Waals surface area (Å²) in [6.07, 6.45) is 0. The first-order chi connectivity index (χ1) is 19.1. The largest absolute Gasteiger partial charge is 0.493 e. The molecule has 0 spiro atoms. The lowest BCUT2D eigenvalue weighted by Crippen LogP contribution is -2.53. The van der Waals surface area contributed by atoms with Crippen LogP contribution in [0.15, 0.2) is 58.6 Å². The summed E-state index contributed by atoms with van der Waals surface area (Å²) in [7, 11) is 0.949. The molecule has 2 amide bonds. The lowest BCUT2D eigenvalue weighted by atomic mass is 9.94. The highest BCUT2D eigenvalue weighted by Gasteiger charge is 2.38. The molecule has 2 heterocycles. The molecule has 216 valence electrons. The summed E-state index contributed by atoms with van der Waals surface area (Å²) in [4.78, 5) is 30.0. The van der Waals surface area contributed by atoms with Crippen molar-refractivity contribution in [3.05, 3.63) is 64.3 Å². The minimum Gasteiger partial charge on any atom is -0.493 e. The number of hydrogen-bond donors (Lipinski definition) is 1. The van der Waals surface area contributed by atoms with E-state index in [1.54, 1.807) is 44.3 Å². The predicted octanol–water partition coefficient (Wildman–Crippen LogP) is 2.88. The number of amides is 2. The first-order valence-corrected chi connectivity index (χ1v) is 14.6. The first kappa shape index (κ1) is 29.7. The summed E-state index contributed by atoms with van der Waals surface area (Å²) < 4.78 is 43.8. The molecule has 1 saturated heterocycles. The van der Waals surface area contributed by atoms with Crippen molar-refractivity contribution in [2.75, 3.05) is 60.6 Å². The average Bonchev–Trinajstić information content (AvgIpc) is 2.95. The second-order valence-corrected chi connectivity index (χ2v) is 11.6. The van der Waals surface area contributed by atoms with E-state index in [1.165, 1.54) is 35.6 Å². The van der Waals surface area contributed by atoms with Gasteiger partial charge >= 0.3 is 12.0 Å². The number of rotatable bonds is 9. The van der Waals surface area contributed by atoms with Crippen LogP contribution in [0, 0.1) is 0 Å². The Balaban J connectivity index is 1.62. The minimum atomic E-state index is -3.68. The van der Waals surface area contributed by atoms with Gasteiger partial charge in [0.05, 0.1) is 37.3 Å². The number of nitrogens with one attached hydrogen (secondary N) is 1. The molecular formula is C27H33ClN4O7S. The zero-order valence-electron chi connectivity index (χ0n) is 22.8. The highest BCUT2D eigenvalue weighted by molar-refractivity contribution is 7.89. The fourth-order valence-corrected chi connectivity index (χ4v) is 6.32. The Kier molecular flexibility index (Phi) is 9.24. The molecule has 2 aromatic rings. The molecule has 13 heteroatoms. The zero-order valence-corrected chi connectivity index (χ0v) is 24.4. The van der Waals surface area contributed by atoms with Gasteiger partial charge in [0, 0.05) is 50.5 Å². The van der Waals surface area contributed by atoms with E-state index < -0.39 is 22.0 Å². The normalized spacial score (nSPS) is 18.9. The van der Waals surface area contributed by atoms with Crippen LogP contribution in [0.3, 0.4) is 0 Å². The molecule has 2 aliphatic heterocycles. The number of nitrogens with zero attached hydrogens (tertiary/aromatic N) is 3. The Hall–Kier alpha value is -3.32. The SMILES string of the molecule is CCOC(=O)C1=C(CN2CCN(S(=O)(=O)c3ccc(Cl)cc3)CC2)N(C)C(=O)N[C@@H]1c1ccc(OC)c(OC)c1.